The van der Waals surface area contributed by atoms with Crippen LogP contribution in [0.2, 0.25) is 5.02 Å². The fourth-order valence-electron chi connectivity index (χ4n) is 1.58. The summed E-state index contributed by atoms with van der Waals surface area (Å²) in [4.78, 5) is 23.2. The molecular weight excluding hydrogens is 312 g/mol. The van der Waals surface area contributed by atoms with Crippen LogP contribution in [0.1, 0.15) is 12.5 Å². The van der Waals surface area contributed by atoms with E-state index in [0.29, 0.717) is 10.8 Å². The average molecular weight is 331 g/mol. The van der Waals surface area contributed by atoms with Crippen molar-refractivity contribution in [3.8, 4) is 0 Å². The Kier molecular flexibility index (Phi) is 7.01. The average Bonchev–Trinajstić information content (AvgIpc) is 2.44. The molecule has 0 aliphatic rings. The fourth-order valence-corrected chi connectivity index (χ4v) is 2.43. The Morgan fingerprint density at radius 2 is 1.81 bits per heavy atom. The summed E-state index contributed by atoms with van der Waals surface area (Å²) < 4.78 is 0. The molecule has 3 N–H and O–H groups in total. The summed E-state index contributed by atoms with van der Waals surface area (Å²) >= 11 is 7.22. The second-order valence-corrected chi connectivity index (χ2v) is 6.22. The first-order valence-corrected chi connectivity index (χ1v) is 8.13. The molecule has 0 radical (unpaired) electrons. The van der Waals surface area contributed by atoms with Gasteiger partial charge in [0.1, 0.15) is 0 Å². The molecule has 1 rings (SSSR count). The highest BCUT2D eigenvalue weighted by Gasteiger charge is 2.22. The van der Waals surface area contributed by atoms with Crippen molar-refractivity contribution in [1.82, 2.24) is 10.6 Å². The van der Waals surface area contributed by atoms with Gasteiger partial charge in [0, 0.05) is 23.9 Å². The molecule has 21 heavy (non-hydrogen) atoms. The monoisotopic (exact) mass is 330 g/mol. The summed E-state index contributed by atoms with van der Waals surface area (Å²) in [6.45, 7) is 1.88. The highest BCUT2D eigenvalue weighted by molar-refractivity contribution is 7.98. The van der Waals surface area contributed by atoms with Crippen LogP contribution in [0.5, 0.6) is 0 Å². The van der Waals surface area contributed by atoms with Gasteiger partial charge in [-0.1, -0.05) is 23.7 Å². The lowest BCUT2D eigenvalue weighted by molar-refractivity contribution is -0.139. The maximum Gasteiger partial charge on any atom is 0.309 e. The number of benzene rings is 1. The van der Waals surface area contributed by atoms with Crippen LogP contribution in [0.25, 0.3) is 0 Å². The minimum absolute atomic E-state index is 0.0288. The minimum atomic E-state index is -1.04. The molecule has 0 aromatic heterocycles. The lowest BCUT2D eigenvalue weighted by Gasteiger charge is -2.22. The zero-order valence-corrected chi connectivity index (χ0v) is 13.6. The van der Waals surface area contributed by atoms with Crippen LogP contribution in [0.15, 0.2) is 24.3 Å². The minimum Gasteiger partial charge on any atom is -0.387 e. The molecule has 2 amide bonds. The van der Waals surface area contributed by atoms with Gasteiger partial charge in [-0.15, -0.1) is 0 Å². The van der Waals surface area contributed by atoms with Crippen molar-refractivity contribution >= 4 is 35.2 Å². The van der Waals surface area contributed by atoms with Gasteiger partial charge in [-0.25, -0.2) is 0 Å². The number of amides is 2. The molecule has 0 aliphatic carbocycles. The number of nitrogens with one attached hydrogen (secondary N) is 2. The molecular formula is C14H19ClN2O3S. The van der Waals surface area contributed by atoms with Crippen molar-refractivity contribution in [3.05, 3.63) is 34.9 Å². The zero-order valence-electron chi connectivity index (χ0n) is 12.0. The summed E-state index contributed by atoms with van der Waals surface area (Å²) in [6.07, 6.45) is 1.86. The van der Waals surface area contributed by atoms with Crippen molar-refractivity contribution in [2.24, 2.45) is 0 Å². The first-order valence-electron chi connectivity index (χ1n) is 6.36. The second-order valence-electron chi connectivity index (χ2n) is 4.92. The summed E-state index contributed by atoms with van der Waals surface area (Å²) in [5.41, 5.74) is -0.194. The van der Waals surface area contributed by atoms with E-state index in [1.165, 1.54) is 11.8 Å². The third-order valence-electron chi connectivity index (χ3n) is 2.66. The van der Waals surface area contributed by atoms with Gasteiger partial charge in [0.25, 0.3) is 0 Å². The van der Waals surface area contributed by atoms with Crippen LogP contribution >= 0.6 is 23.4 Å². The van der Waals surface area contributed by atoms with Crippen molar-refractivity contribution in [1.29, 1.82) is 0 Å². The normalized spacial score (nSPS) is 13.3. The molecule has 0 heterocycles. The molecule has 0 fully saturated rings. The molecule has 0 spiro atoms. The van der Waals surface area contributed by atoms with Gasteiger partial charge in [0.15, 0.2) is 0 Å². The van der Waals surface area contributed by atoms with E-state index < -0.39 is 17.4 Å². The van der Waals surface area contributed by atoms with E-state index in [1.54, 1.807) is 31.2 Å². The summed E-state index contributed by atoms with van der Waals surface area (Å²) in [5.74, 6) is -1.02. The highest BCUT2D eigenvalue weighted by Crippen LogP contribution is 2.09. The highest BCUT2D eigenvalue weighted by atomic mass is 35.5. The summed E-state index contributed by atoms with van der Waals surface area (Å²) in [6, 6.07) is 6.96. The third kappa shape index (κ3) is 6.84. The molecule has 0 aliphatic heterocycles. The standard InChI is InChI=1S/C14H19ClN2O3S/c1-14(20,9-21-2)8-17-13(19)12(18)16-7-10-3-5-11(15)6-4-10/h3-6,20H,7-9H2,1-2H3,(H,16,18)(H,17,19)/t14-/m1/s1. The number of rotatable bonds is 6. The van der Waals surface area contributed by atoms with Crippen LogP contribution in [0.3, 0.4) is 0 Å². The SMILES string of the molecule is CSC[C@](C)(O)CNC(=O)C(=O)NCc1ccc(Cl)cc1. The molecule has 1 aromatic carbocycles. The Bertz CT molecular complexity index is 491. The molecule has 7 heteroatoms. The van der Waals surface area contributed by atoms with Gasteiger partial charge in [0.2, 0.25) is 0 Å². The number of halogens is 1. The van der Waals surface area contributed by atoms with Crippen LogP contribution in [0.4, 0.5) is 0 Å². The van der Waals surface area contributed by atoms with E-state index in [9.17, 15) is 14.7 Å². The van der Waals surface area contributed by atoms with Crippen molar-refractivity contribution in [3.63, 3.8) is 0 Å². The molecule has 5 nitrogen and oxygen atoms in total. The van der Waals surface area contributed by atoms with Crippen molar-refractivity contribution < 1.29 is 14.7 Å². The van der Waals surface area contributed by atoms with Gasteiger partial charge in [-0.2, -0.15) is 11.8 Å². The number of hydrogen-bond donors (Lipinski definition) is 3. The molecule has 0 bridgehead atoms. The van der Waals surface area contributed by atoms with Crippen molar-refractivity contribution in [2.75, 3.05) is 18.6 Å². The van der Waals surface area contributed by atoms with Gasteiger partial charge in [0.05, 0.1) is 5.60 Å². The van der Waals surface area contributed by atoms with Gasteiger partial charge in [-0.05, 0) is 30.9 Å². The van der Waals surface area contributed by atoms with E-state index >= 15 is 0 Å². The van der Waals surface area contributed by atoms with E-state index in [2.05, 4.69) is 10.6 Å². The smallest absolute Gasteiger partial charge is 0.309 e. The topological polar surface area (TPSA) is 78.4 Å². The first-order chi connectivity index (χ1) is 9.84. The molecule has 1 aromatic rings. The summed E-state index contributed by atoms with van der Waals surface area (Å²) in [5, 5.41) is 15.4. The quantitative estimate of drug-likeness (QED) is 0.685. The van der Waals surface area contributed by atoms with Gasteiger partial charge in [-0.3, -0.25) is 9.59 Å². The number of carbonyl (C=O) groups is 2. The second kappa shape index (κ2) is 8.26. The number of carbonyl (C=O) groups excluding carboxylic acids is 2. The van der Waals surface area contributed by atoms with Gasteiger partial charge < -0.3 is 15.7 Å². The molecule has 0 saturated heterocycles. The van der Waals surface area contributed by atoms with E-state index in [0.717, 1.165) is 5.56 Å². The Hall–Kier alpha value is -1.24. The number of aliphatic hydroxyl groups is 1. The maximum atomic E-state index is 11.6. The Morgan fingerprint density at radius 1 is 1.24 bits per heavy atom. The molecule has 0 unspecified atom stereocenters. The van der Waals surface area contributed by atoms with E-state index in [1.807, 2.05) is 6.26 Å². The molecule has 116 valence electrons. The number of thioether (sulfide) groups is 1. The fraction of sp³-hybridized carbons (Fsp3) is 0.429. The van der Waals surface area contributed by atoms with E-state index in [-0.39, 0.29) is 13.1 Å². The number of hydrogen-bond acceptors (Lipinski definition) is 4. The third-order valence-corrected chi connectivity index (χ3v) is 3.82. The van der Waals surface area contributed by atoms with Gasteiger partial charge >= 0.3 is 11.8 Å². The zero-order chi connectivity index (χ0) is 15.9. The predicted octanol–water partition coefficient (Wildman–Crippen LogP) is 1.19. The molecule has 0 saturated carbocycles. The van der Waals surface area contributed by atoms with Crippen LogP contribution < -0.4 is 10.6 Å². The van der Waals surface area contributed by atoms with Crippen molar-refractivity contribution in [2.45, 2.75) is 19.1 Å². The largest absolute Gasteiger partial charge is 0.387 e. The predicted molar refractivity (Wildman–Crippen MR) is 85.3 cm³/mol. The lowest BCUT2D eigenvalue weighted by Crippen LogP contribution is -2.47. The van der Waals surface area contributed by atoms with Crippen LogP contribution in [-0.4, -0.2) is 41.1 Å². The Balaban J connectivity index is 2.37. The maximum absolute atomic E-state index is 11.6. The van der Waals surface area contributed by atoms with Crippen LogP contribution in [0, 0.1) is 0 Å². The lowest BCUT2D eigenvalue weighted by atomic mass is 10.1. The molecule has 1 atom stereocenters. The van der Waals surface area contributed by atoms with Crippen LogP contribution in [-0.2, 0) is 16.1 Å². The summed E-state index contributed by atoms with van der Waals surface area (Å²) in [7, 11) is 0. The first kappa shape index (κ1) is 17.8. The van der Waals surface area contributed by atoms with E-state index in [4.69, 9.17) is 11.6 Å². The Morgan fingerprint density at radius 3 is 2.38 bits per heavy atom. The Labute approximate surface area is 133 Å².